The molecule has 1 fully saturated rings. The number of aryl methyl sites for hydroxylation is 1. The standard InChI is InChI=1S/C11H16N2O5S2/c1-6-3-13(11(16)12-10(6)15)9-2-7(17-5-20-19)8(4-14)18-9/h3,7-9,14,19H,2,4-5H2,1H3,(H,12,15,16)/t7?,8-,9-/m1/s1. The normalized spacial score (nSPS) is 26.1. The Balaban J connectivity index is 2.20. The molecule has 1 aliphatic heterocycles. The Labute approximate surface area is 124 Å². The average molecular weight is 320 g/mol. The highest BCUT2D eigenvalue weighted by Gasteiger charge is 2.37. The molecule has 0 amide bonds. The molecular weight excluding hydrogens is 304 g/mol. The van der Waals surface area contributed by atoms with Gasteiger partial charge in [0.25, 0.3) is 5.56 Å². The van der Waals surface area contributed by atoms with Crippen LogP contribution in [0.2, 0.25) is 0 Å². The molecule has 1 aromatic heterocycles. The van der Waals surface area contributed by atoms with Crippen molar-refractivity contribution in [2.45, 2.75) is 31.8 Å². The van der Waals surface area contributed by atoms with Gasteiger partial charge < -0.3 is 14.6 Å². The summed E-state index contributed by atoms with van der Waals surface area (Å²) in [5, 5.41) is 9.29. The van der Waals surface area contributed by atoms with E-state index in [4.69, 9.17) is 9.47 Å². The van der Waals surface area contributed by atoms with Gasteiger partial charge in [-0.05, 0) is 6.92 Å². The second-order valence-electron chi connectivity index (χ2n) is 4.48. The molecular formula is C11H16N2O5S2. The number of rotatable bonds is 5. The number of ether oxygens (including phenoxy) is 2. The van der Waals surface area contributed by atoms with Crippen molar-refractivity contribution in [1.29, 1.82) is 0 Å². The molecule has 7 nitrogen and oxygen atoms in total. The molecule has 0 aliphatic carbocycles. The molecule has 2 heterocycles. The third-order valence-electron chi connectivity index (χ3n) is 3.15. The molecule has 1 unspecified atom stereocenters. The molecule has 1 aliphatic rings. The van der Waals surface area contributed by atoms with Crippen molar-refractivity contribution < 1.29 is 14.6 Å². The van der Waals surface area contributed by atoms with Crippen LogP contribution in [0.15, 0.2) is 15.8 Å². The Morgan fingerprint density at radius 1 is 1.65 bits per heavy atom. The van der Waals surface area contributed by atoms with E-state index in [1.165, 1.54) is 21.6 Å². The van der Waals surface area contributed by atoms with Crippen LogP contribution in [-0.2, 0) is 9.47 Å². The van der Waals surface area contributed by atoms with Gasteiger partial charge in [0.15, 0.2) is 0 Å². The number of H-pyrrole nitrogens is 1. The number of aliphatic hydroxyl groups is 1. The van der Waals surface area contributed by atoms with Crippen LogP contribution >= 0.6 is 22.5 Å². The summed E-state index contributed by atoms with van der Waals surface area (Å²) in [6.07, 6.45) is 0.495. The zero-order valence-electron chi connectivity index (χ0n) is 10.8. The van der Waals surface area contributed by atoms with Gasteiger partial charge in [0.2, 0.25) is 0 Å². The molecule has 1 aromatic rings. The topological polar surface area (TPSA) is 93.6 Å². The van der Waals surface area contributed by atoms with Crippen molar-refractivity contribution in [3.63, 3.8) is 0 Å². The fourth-order valence-corrected chi connectivity index (χ4v) is 2.55. The zero-order chi connectivity index (χ0) is 14.7. The lowest BCUT2D eigenvalue weighted by Gasteiger charge is -2.15. The Hall–Kier alpha value is -0.740. The van der Waals surface area contributed by atoms with Crippen LogP contribution < -0.4 is 11.2 Å². The number of thiol groups is 1. The van der Waals surface area contributed by atoms with Crippen LogP contribution in [0.4, 0.5) is 0 Å². The van der Waals surface area contributed by atoms with Crippen molar-refractivity contribution in [2.75, 3.05) is 12.5 Å². The minimum atomic E-state index is -0.565. The number of aromatic amines is 1. The number of nitrogens with one attached hydrogen (secondary N) is 1. The van der Waals surface area contributed by atoms with E-state index in [0.29, 0.717) is 17.9 Å². The maximum absolute atomic E-state index is 11.8. The summed E-state index contributed by atoms with van der Waals surface area (Å²) in [6.45, 7) is 1.41. The molecule has 0 aromatic carbocycles. The molecule has 3 atom stereocenters. The lowest BCUT2D eigenvalue weighted by atomic mass is 10.2. The fraction of sp³-hybridized carbons (Fsp3) is 0.636. The van der Waals surface area contributed by atoms with E-state index in [1.807, 2.05) is 0 Å². The molecule has 112 valence electrons. The second kappa shape index (κ2) is 6.81. The summed E-state index contributed by atoms with van der Waals surface area (Å²) in [5.74, 6) is 0.361. The van der Waals surface area contributed by atoms with Gasteiger partial charge in [-0.25, -0.2) is 4.79 Å². The van der Waals surface area contributed by atoms with Crippen molar-refractivity contribution in [3.8, 4) is 0 Å². The number of hydrogen-bond donors (Lipinski definition) is 3. The van der Waals surface area contributed by atoms with Gasteiger partial charge in [-0.15, -0.1) is 11.7 Å². The highest BCUT2D eigenvalue weighted by atomic mass is 33.1. The fourth-order valence-electron chi connectivity index (χ4n) is 2.13. The summed E-state index contributed by atoms with van der Waals surface area (Å²) < 4.78 is 12.4. The summed E-state index contributed by atoms with van der Waals surface area (Å²) in [6, 6.07) is 0. The predicted octanol–water partition coefficient (Wildman–Crippen LogP) is 0.0455. The molecule has 2 rings (SSSR count). The van der Waals surface area contributed by atoms with Crippen molar-refractivity contribution >= 4 is 22.5 Å². The zero-order valence-corrected chi connectivity index (χ0v) is 12.5. The van der Waals surface area contributed by atoms with Crippen LogP contribution in [0.5, 0.6) is 0 Å². The average Bonchev–Trinajstić information content (AvgIpc) is 2.83. The highest BCUT2D eigenvalue weighted by Crippen LogP contribution is 2.30. The summed E-state index contributed by atoms with van der Waals surface area (Å²) >= 11 is 3.98. The first-order valence-corrected chi connectivity index (χ1v) is 8.07. The number of aliphatic hydroxyl groups excluding tert-OH is 1. The number of hydrogen-bond acceptors (Lipinski definition) is 7. The highest BCUT2D eigenvalue weighted by molar-refractivity contribution is 8.68. The minimum absolute atomic E-state index is 0.199. The van der Waals surface area contributed by atoms with E-state index in [0.717, 1.165) is 0 Å². The van der Waals surface area contributed by atoms with Gasteiger partial charge in [-0.2, -0.15) is 0 Å². The monoisotopic (exact) mass is 320 g/mol. The van der Waals surface area contributed by atoms with E-state index in [9.17, 15) is 14.7 Å². The van der Waals surface area contributed by atoms with Gasteiger partial charge in [-0.3, -0.25) is 14.3 Å². The van der Waals surface area contributed by atoms with Crippen molar-refractivity contribution in [1.82, 2.24) is 9.55 Å². The van der Waals surface area contributed by atoms with Crippen LogP contribution in [0.3, 0.4) is 0 Å². The van der Waals surface area contributed by atoms with E-state index < -0.39 is 23.6 Å². The van der Waals surface area contributed by atoms with Crippen LogP contribution in [0.1, 0.15) is 18.2 Å². The molecule has 0 saturated carbocycles. The Morgan fingerprint density at radius 2 is 2.40 bits per heavy atom. The minimum Gasteiger partial charge on any atom is -0.394 e. The van der Waals surface area contributed by atoms with Gasteiger partial charge in [0.1, 0.15) is 18.3 Å². The first kappa shape index (κ1) is 15.6. The molecule has 0 radical (unpaired) electrons. The Morgan fingerprint density at radius 3 is 3.05 bits per heavy atom. The second-order valence-corrected chi connectivity index (χ2v) is 5.75. The van der Waals surface area contributed by atoms with E-state index >= 15 is 0 Å². The van der Waals surface area contributed by atoms with Gasteiger partial charge in [0, 0.05) is 18.2 Å². The third-order valence-corrected chi connectivity index (χ3v) is 3.71. The van der Waals surface area contributed by atoms with Crippen LogP contribution in [0, 0.1) is 6.92 Å². The number of nitrogens with zero attached hydrogens (tertiary/aromatic N) is 1. The predicted molar refractivity (Wildman–Crippen MR) is 78.0 cm³/mol. The first-order chi connectivity index (χ1) is 9.56. The van der Waals surface area contributed by atoms with Crippen molar-refractivity contribution in [2.24, 2.45) is 0 Å². The van der Waals surface area contributed by atoms with Crippen LogP contribution in [-0.4, -0.2) is 39.4 Å². The van der Waals surface area contributed by atoms with E-state index in [1.54, 1.807) is 6.92 Å². The molecule has 0 spiro atoms. The quantitative estimate of drug-likeness (QED) is 0.403. The SMILES string of the molecule is Cc1cn([C@H]2CC(OCSS)[C@@H](CO)O2)c(=O)[nH]c1=O. The third kappa shape index (κ3) is 3.29. The lowest BCUT2D eigenvalue weighted by Crippen LogP contribution is -2.33. The summed E-state index contributed by atoms with van der Waals surface area (Å²) in [5.41, 5.74) is -0.530. The van der Waals surface area contributed by atoms with Crippen molar-refractivity contribution in [3.05, 3.63) is 32.6 Å². The van der Waals surface area contributed by atoms with Crippen LogP contribution in [0.25, 0.3) is 0 Å². The Kier molecular flexibility index (Phi) is 5.33. The maximum atomic E-state index is 11.8. The molecule has 20 heavy (non-hydrogen) atoms. The molecule has 2 N–H and O–H groups in total. The summed E-state index contributed by atoms with van der Waals surface area (Å²) in [7, 11) is 1.22. The Bertz CT molecular complexity index is 573. The lowest BCUT2D eigenvalue weighted by molar-refractivity contribution is -0.0554. The smallest absolute Gasteiger partial charge is 0.330 e. The first-order valence-electron chi connectivity index (χ1n) is 6.03. The largest absolute Gasteiger partial charge is 0.394 e. The van der Waals surface area contributed by atoms with Gasteiger partial charge in [0.05, 0.1) is 12.7 Å². The number of aromatic nitrogens is 2. The van der Waals surface area contributed by atoms with Gasteiger partial charge in [-0.1, -0.05) is 10.8 Å². The molecule has 1 saturated heterocycles. The molecule has 0 bridgehead atoms. The van der Waals surface area contributed by atoms with E-state index in [-0.39, 0.29) is 12.7 Å². The van der Waals surface area contributed by atoms with Gasteiger partial charge >= 0.3 is 5.69 Å². The van der Waals surface area contributed by atoms with E-state index in [2.05, 4.69) is 16.6 Å². The molecule has 9 heteroatoms. The summed E-state index contributed by atoms with van der Waals surface area (Å²) in [4.78, 5) is 25.4. The maximum Gasteiger partial charge on any atom is 0.330 e.